The number of nitrogens with zero attached hydrogens (tertiary/aromatic N) is 2. The van der Waals surface area contributed by atoms with Crippen LogP contribution in [0.15, 0.2) is 36.5 Å². The molecule has 1 saturated heterocycles. The topological polar surface area (TPSA) is 93.5 Å². The number of aromatic carboxylic acids is 1. The molecular weight excluding hydrogens is 417 g/mol. The molecule has 2 aromatic heterocycles. The van der Waals surface area contributed by atoms with Crippen LogP contribution in [0.2, 0.25) is 10.0 Å². The fourth-order valence-corrected chi connectivity index (χ4v) is 3.99. The smallest absolute Gasteiger partial charge is 0.354 e. The predicted molar refractivity (Wildman–Crippen MR) is 109 cm³/mol. The van der Waals surface area contributed by atoms with Crippen molar-refractivity contribution < 1.29 is 19.4 Å². The number of halogens is 2. The Bertz CT molecular complexity index is 1120. The molecule has 4 rings (SSSR count). The van der Waals surface area contributed by atoms with E-state index in [4.69, 9.17) is 33.0 Å². The van der Waals surface area contributed by atoms with Gasteiger partial charge in [0, 0.05) is 37.2 Å². The first-order valence-corrected chi connectivity index (χ1v) is 9.61. The summed E-state index contributed by atoms with van der Waals surface area (Å²) in [4.78, 5) is 28.2. The molecule has 29 heavy (non-hydrogen) atoms. The number of benzene rings is 1. The van der Waals surface area contributed by atoms with Crippen LogP contribution in [0, 0.1) is 0 Å². The summed E-state index contributed by atoms with van der Waals surface area (Å²) in [7, 11) is 1.78. The van der Waals surface area contributed by atoms with Crippen LogP contribution in [0.1, 0.15) is 33.0 Å². The van der Waals surface area contributed by atoms with Gasteiger partial charge in [-0.3, -0.25) is 4.79 Å². The number of nitrogens with one attached hydrogen (secondary N) is 1. The summed E-state index contributed by atoms with van der Waals surface area (Å²) in [5.41, 5.74) is 1.04. The van der Waals surface area contributed by atoms with Gasteiger partial charge in [0.05, 0.1) is 22.2 Å². The average Bonchev–Trinajstić information content (AvgIpc) is 3.31. The maximum atomic E-state index is 13.2. The molecule has 9 heteroatoms. The second kappa shape index (κ2) is 7.33. The highest BCUT2D eigenvalue weighted by molar-refractivity contribution is 6.45. The number of aryl methyl sites for hydroxylation is 1. The molecule has 0 spiro atoms. The number of hydrogen-bond donors (Lipinski definition) is 2. The van der Waals surface area contributed by atoms with Gasteiger partial charge in [0.2, 0.25) is 0 Å². The van der Waals surface area contributed by atoms with Gasteiger partial charge in [0.15, 0.2) is 0 Å². The molecule has 0 bridgehead atoms. The predicted octanol–water partition coefficient (Wildman–Crippen LogP) is 3.62. The van der Waals surface area contributed by atoms with Gasteiger partial charge in [-0.25, -0.2) is 9.78 Å². The third kappa shape index (κ3) is 3.35. The molecule has 1 unspecified atom stereocenters. The molecule has 1 aliphatic rings. The molecule has 1 aromatic carbocycles. The Balaban J connectivity index is 1.70. The van der Waals surface area contributed by atoms with Gasteiger partial charge in [-0.1, -0.05) is 29.3 Å². The number of rotatable bonds is 4. The molecule has 3 heterocycles. The minimum atomic E-state index is -1.11. The lowest BCUT2D eigenvalue weighted by Crippen LogP contribution is -2.47. The number of aromatic nitrogens is 2. The van der Waals surface area contributed by atoms with Crippen molar-refractivity contribution in [3.05, 3.63) is 63.5 Å². The van der Waals surface area contributed by atoms with Crippen molar-refractivity contribution in [3.63, 3.8) is 0 Å². The number of amides is 1. The minimum Gasteiger partial charge on any atom is -0.477 e. The second-order valence-corrected chi connectivity index (χ2v) is 7.74. The molecular formula is C20H17Cl2N3O4. The molecule has 0 radical (unpaired) electrons. The highest BCUT2D eigenvalue weighted by atomic mass is 35.5. The SMILES string of the molecule is Cn1c(C(=O)NC2(c3ccc(C(=O)O)nc3)CCOC2)cc2c(Cl)c(Cl)ccc21. The lowest BCUT2D eigenvalue weighted by Gasteiger charge is -2.29. The Morgan fingerprint density at radius 1 is 1.28 bits per heavy atom. The number of ether oxygens (including phenoxy) is 1. The second-order valence-electron chi connectivity index (χ2n) is 6.96. The van der Waals surface area contributed by atoms with Crippen LogP contribution in [-0.2, 0) is 17.3 Å². The standard InChI is InChI=1S/C20H17Cl2N3O4/c1-25-15-5-3-13(21)17(22)12(15)8-16(25)18(26)24-20(6-7-29-10-20)11-2-4-14(19(27)28)23-9-11/h2-5,8-9H,6-7,10H2,1H3,(H,24,26)(H,27,28). The van der Waals surface area contributed by atoms with Crippen molar-refractivity contribution in [2.75, 3.05) is 13.2 Å². The molecule has 1 atom stereocenters. The summed E-state index contributed by atoms with van der Waals surface area (Å²) in [5, 5.41) is 13.6. The third-order valence-corrected chi connectivity index (χ3v) is 6.07. The zero-order chi connectivity index (χ0) is 20.8. The lowest BCUT2D eigenvalue weighted by atomic mass is 9.90. The van der Waals surface area contributed by atoms with Gasteiger partial charge in [0.25, 0.3) is 5.91 Å². The number of carboxylic acid groups (broad SMARTS) is 1. The van der Waals surface area contributed by atoms with E-state index in [1.54, 1.807) is 29.8 Å². The molecule has 2 N–H and O–H groups in total. The van der Waals surface area contributed by atoms with Crippen LogP contribution >= 0.6 is 23.2 Å². The Morgan fingerprint density at radius 2 is 2.07 bits per heavy atom. The first-order chi connectivity index (χ1) is 13.8. The van der Waals surface area contributed by atoms with Crippen molar-refractivity contribution >= 4 is 46.0 Å². The molecule has 1 aliphatic heterocycles. The van der Waals surface area contributed by atoms with E-state index in [-0.39, 0.29) is 18.2 Å². The quantitative estimate of drug-likeness (QED) is 0.654. The molecule has 150 valence electrons. The lowest BCUT2D eigenvalue weighted by molar-refractivity contribution is 0.0689. The fraction of sp³-hybridized carbons (Fsp3) is 0.250. The van der Waals surface area contributed by atoms with Crippen LogP contribution in [-0.4, -0.2) is 39.7 Å². The molecule has 0 saturated carbocycles. The van der Waals surface area contributed by atoms with Crippen LogP contribution < -0.4 is 5.32 Å². The summed E-state index contributed by atoms with van der Waals surface area (Å²) in [6.45, 7) is 0.737. The van der Waals surface area contributed by atoms with Crippen LogP contribution in [0.3, 0.4) is 0 Å². The van der Waals surface area contributed by atoms with E-state index in [1.165, 1.54) is 12.3 Å². The van der Waals surface area contributed by atoms with Gasteiger partial charge < -0.3 is 19.7 Å². The Hall–Kier alpha value is -2.61. The summed E-state index contributed by atoms with van der Waals surface area (Å²) in [6, 6.07) is 8.28. The van der Waals surface area contributed by atoms with E-state index in [1.807, 2.05) is 6.07 Å². The first-order valence-electron chi connectivity index (χ1n) is 8.86. The van der Waals surface area contributed by atoms with E-state index in [0.29, 0.717) is 39.7 Å². The maximum absolute atomic E-state index is 13.2. The average molecular weight is 434 g/mol. The van der Waals surface area contributed by atoms with Gasteiger partial charge in [-0.05, 0) is 29.8 Å². The highest BCUT2D eigenvalue weighted by Crippen LogP contribution is 2.34. The van der Waals surface area contributed by atoms with Crippen LogP contribution in [0.4, 0.5) is 0 Å². The third-order valence-electron chi connectivity index (χ3n) is 5.26. The van der Waals surface area contributed by atoms with Crippen molar-refractivity contribution in [3.8, 4) is 0 Å². The number of pyridine rings is 1. The van der Waals surface area contributed by atoms with Gasteiger partial charge in [-0.2, -0.15) is 0 Å². The van der Waals surface area contributed by atoms with Gasteiger partial charge in [-0.15, -0.1) is 0 Å². The number of carbonyl (C=O) groups is 2. The molecule has 1 amide bonds. The number of hydrogen-bond acceptors (Lipinski definition) is 4. The van der Waals surface area contributed by atoms with E-state index in [2.05, 4.69) is 10.3 Å². The Labute approximate surface area is 176 Å². The van der Waals surface area contributed by atoms with Gasteiger partial charge in [0.1, 0.15) is 11.4 Å². The maximum Gasteiger partial charge on any atom is 0.354 e. The van der Waals surface area contributed by atoms with Crippen molar-refractivity contribution in [1.82, 2.24) is 14.9 Å². The zero-order valence-electron chi connectivity index (χ0n) is 15.4. The van der Waals surface area contributed by atoms with Crippen LogP contribution in [0.5, 0.6) is 0 Å². The molecule has 3 aromatic rings. The highest BCUT2D eigenvalue weighted by Gasteiger charge is 2.39. The fourth-order valence-electron chi connectivity index (χ4n) is 3.62. The van der Waals surface area contributed by atoms with Crippen LogP contribution in [0.25, 0.3) is 10.9 Å². The summed E-state index contributed by atoms with van der Waals surface area (Å²) in [5.74, 6) is -1.41. The largest absolute Gasteiger partial charge is 0.477 e. The monoisotopic (exact) mass is 433 g/mol. The normalized spacial score (nSPS) is 18.9. The van der Waals surface area contributed by atoms with E-state index in [0.717, 1.165) is 5.52 Å². The van der Waals surface area contributed by atoms with E-state index >= 15 is 0 Å². The minimum absolute atomic E-state index is 0.0608. The van der Waals surface area contributed by atoms with Gasteiger partial charge >= 0.3 is 5.97 Å². The van der Waals surface area contributed by atoms with E-state index < -0.39 is 11.5 Å². The summed E-state index contributed by atoms with van der Waals surface area (Å²) < 4.78 is 7.30. The van der Waals surface area contributed by atoms with Crippen molar-refractivity contribution in [2.24, 2.45) is 7.05 Å². The van der Waals surface area contributed by atoms with Crippen molar-refractivity contribution in [1.29, 1.82) is 0 Å². The first kappa shape index (κ1) is 19.7. The van der Waals surface area contributed by atoms with E-state index in [9.17, 15) is 9.59 Å². The molecule has 1 fully saturated rings. The van der Waals surface area contributed by atoms with Crippen molar-refractivity contribution in [2.45, 2.75) is 12.0 Å². The Morgan fingerprint density at radius 3 is 2.69 bits per heavy atom. The summed E-state index contributed by atoms with van der Waals surface area (Å²) in [6.07, 6.45) is 2.01. The number of carbonyl (C=O) groups excluding carboxylic acids is 1. The molecule has 7 nitrogen and oxygen atoms in total. The molecule has 0 aliphatic carbocycles. The Kier molecular flexibility index (Phi) is 4.98. The zero-order valence-corrected chi connectivity index (χ0v) is 16.9. The summed E-state index contributed by atoms with van der Waals surface area (Å²) >= 11 is 12.4. The number of carboxylic acids is 1. The number of fused-ring (bicyclic) bond motifs is 1.